The summed E-state index contributed by atoms with van der Waals surface area (Å²) in [5.41, 5.74) is 0.598. The Labute approximate surface area is 151 Å². The van der Waals surface area contributed by atoms with E-state index >= 15 is 0 Å². The molecule has 0 amide bonds. The van der Waals surface area contributed by atoms with Crippen LogP contribution in [-0.4, -0.2) is 57.6 Å². The van der Waals surface area contributed by atoms with Crippen LogP contribution in [0.3, 0.4) is 0 Å². The van der Waals surface area contributed by atoms with Crippen molar-refractivity contribution in [2.45, 2.75) is 43.6 Å². The van der Waals surface area contributed by atoms with Gasteiger partial charge in [0, 0.05) is 36.3 Å². The molecular formula is C19H24N2O3S. The lowest BCUT2D eigenvalue weighted by atomic mass is 9.80. The quantitative estimate of drug-likeness (QED) is 0.879. The molecule has 1 aromatic heterocycles. The van der Waals surface area contributed by atoms with Crippen molar-refractivity contribution in [1.82, 2.24) is 9.88 Å². The third-order valence-corrected chi connectivity index (χ3v) is 6.39. The van der Waals surface area contributed by atoms with Crippen LogP contribution in [0.2, 0.25) is 0 Å². The van der Waals surface area contributed by atoms with Gasteiger partial charge in [0.05, 0.1) is 18.3 Å². The third kappa shape index (κ3) is 3.50. The van der Waals surface area contributed by atoms with E-state index in [1.165, 1.54) is 4.88 Å². The molecule has 2 saturated heterocycles. The van der Waals surface area contributed by atoms with Gasteiger partial charge in [-0.05, 0) is 19.3 Å². The summed E-state index contributed by atoms with van der Waals surface area (Å²) in [6, 6.07) is 10.2. The highest BCUT2D eigenvalue weighted by atomic mass is 32.1. The number of aliphatic hydroxyl groups is 2. The molecule has 5 nitrogen and oxygen atoms in total. The number of thiazole rings is 1. The van der Waals surface area contributed by atoms with Crippen LogP contribution in [0.25, 0.3) is 10.6 Å². The van der Waals surface area contributed by atoms with Crippen LogP contribution >= 0.6 is 11.3 Å². The molecule has 2 N–H and O–H groups in total. The number of nitrogens with zero attached hydrogens (tertiary/aromatic N) is 2. The third-order valence-electron chi connectivity index (χ3n) is 5.36. The summed E-state index contributed by atoms with van der Waals surface area (Å²) in [7, 11) is 0. The number of benzene rings is 1. The molecule has 0 saturated carbocycles. The fourth-order valence-electron chi connectivity index (χ4n) is 3.82. The van der Waals surface area contributed by atoms with Crippen molar-refractivity contribution in [3.8, 4) is 10.6 Å². The maximum absolute atomic E-state index is 10.4. The van der Waals surface area contributed by atoms with Gasteiger partial charge in [0.1, 0.15) is 11.1 Å². The van der Waals surface area contributed by atoms with Gasteiger partial charge in [-0.15, -0.1) is 11.3 Å². The fourth-order valence-corrected chi connectivity index (χ4v) is 4.78. The van der Waals surface area contributed by atoms with Crippen LogP contribution in [0, 0.1) is 0 Å². The second-order valence-electron chi connectivity index (χ2n) is 6.99. The zero-order chi connectivity index (χ0) is 17.3. The SMILES string of the molecule is O[C@H]1CCOC2(CCN(Cc3cnc(-c4ccccc4)s3)CC2)[C@H]1O. The molecule has 4 rings (SSSR count). The Kier molecular flexibility index (Phi) is 4.88. The molecule has 1 aromatic carbocycles. The minimum atomic E-state index is -0.767. The van der Waals surface area contributed by atoms with Gasteiger partial charge in [-0.1, -0.05) is 30.3 Å². The second kappa shape index (κ2) is 7.13. The molecule has 3 heterocycles. The van der Waals surface area contributed by atoms with Crippen LogP contribution < -0.4 is 0 Å². The molecule has 134 valence electrons. The van der Waals surface area contributed by atoms with E-state index in [1.54, 1.807) is 11.3 Å². The summed E-state index contributed by atoms with van der Waals surface area (Å²) >= 11 is 1.73. The minimum absolute atomic E-state index is 0.524. The molecular weight excluding hydrogens is 336 g/mol. The molecule has 0 unspecified atom stereocenters. The Bertz CT molecular complexity index is 698. The van der Waals surface area contributed by atoms with Gasteiger partial charge in [0.15, 0.2) is 0 Å². The van der Waals surface area contributed by atoms with E-state index in [4.69, 9.17) is 4.74 Å². The van der Waals surface area contributed by atoms with Gasteiger partial charge in [-0.2, -0.15) is 0 Å². The highest BCUT2D eigenvalue weighted by Crippen LogP contribution is 2.36. The molecule has 2 aromatic rings. The minimum Gasteiger partial charge on any atom is -0.390 e. The topological polar surface area (TPSA) is 65.8 Å². The number of hydrogen-bond acceptors (Lipinski definition) is 6. The number of likely N-dealkylation sites (tertiary alicyclic amines) is 1. The van der Waals surface area contributed by atoms with E-state index in [2.05, 4.69) is 22.0 Å². The molecule has 6 heteroatoms. The second-order valence-corrected chi connectivity index (χ2v) is 8.10. The molecule has 25 heavy (non-hydrogen) atoms. The highest BCUT2D eigenvalue weighted by molar-refractivity contribution is 7.15. The Morgan fingerprint density at radius 1 is 1.20 bits per heavy atom. The van der Waals surface area contributed by atoms with E-state index in [0.29, 0.717) is 13.0 Å². The summed E-state index contributed by atoms with van der Waals surface area (Å²) in [4.78, 5) is 8.18. The van der Waals surface area contributed by atoms with Gasteiger partial charge >= 0.3 is 0 Å². The summed E-state index contributed by atoms with van der Waals surface area (Å²) in [5, 5.41) is 21.4. The van der Waals surface area contributed by atoms with Crippen LogP contribution in [-0.2, 0) is 11.3 Å². The predicted molar refractivity (Wildman–Crippen MR) is 97.4 cm³/mol. The van der Waals surface area contributed by atoms with E-state index < -0.39 is 17.8 Å². The number of piperidine rings is 1. The average Bonchev–Trinajstić information content (AvgIpc) is 3.11. The lowest BCUT2D eigenvalue weighted by molar-refractivity contribution is -0.214. The van der Waals surface area contributed by atoms with Crippen LogP contribution in [0.4, 0.5) is 0 Å². The molecule has 2 aliphatic heterocycles. The number of rotatable bonds is 3. The van der Waals surface area contributed by atoms with Gasteiger partial charge < -0.3 is 14.9 Å². The van der Waals surface area contributed by atoms with Gasteiger partial charge in [-0.3, -0.25) is 4.90 Å². The van der Waals surface area contributed by atoms with Crippen LogP contribution in [0.15, 0.2) is 36.5 Å². The first kappa shape index (κ1) is 17.1. The molecule has 0 radical (unpaired) electrons. The average molecular weight is 360 g/mol. The van der Waals surface area contributed by atoms with Gasteiger partial charge in [0.2, 0.25) is 0 Å². The van der Waals surface area contributed by atoms with Gasteiger partial charge in [-0.25, -0.2) is 4.98 Å². The molecule has 0 aliphatic carbocycles. The van der Waals surface area contributed by atoms with Crippen molar-refractivity contribution in [1.29, 1.82) is 0 Å². The normalized spacial score (nSPS) is 26.8. The number of aliphatic hydroxyl groups excluding tert-OH is 2. The van der Waals surface area contributed by atoms with Crippen molar-refractivity contribution in [2.24, 2.45) is 0 Å². The summed E-state index contributed by atoms with van der Waals surface area (Å²) in [5.74, 6) is 0. The zero-order valence-electron chi connectivity index (χ0n) is 14.2. The molecule has 1 spiro atoms. The van der Waals surface area contributed by atoms with Crippen molar-refractivity contribution in [2.75, 3.05) is 19.7 Å². The summed E-state index contributed by atoms with van der Waals surface area (Å²) < 4.78 is 5.90. The Morgan fingerprint density at radius 3 is 2.72 bits per heavy atom. The van der Waals surface area contributed by atoms with E-state index in [9.17, 15) is 10.2 Å². The Balaban J connectivity index is 1.37. The van der Waals surface area contributed by atoms with Crippen LogP contribution in [0.5, 0.6) is 0 Å². The zero-order valence-corrected chi connectivity index (χ0v) is 15.0. The summed E-state index contributed by atoms with van der Waals surface area (Å²) in [6.45, 7) is 3.14. The van der Waals surface area contributed by atoms with Crippen molar-refractivity contribution in [3.05, 3.63) is 41.4 Å². The molecule has 2 aliphatic rings. The predicted octanol–water partition coefficient (Wildman–Crippen LogP) is 2.29. The highest BCUT2D eigenvalue weighted by Gasteiger charge is 2.47. The molecule has 2 fully saturated rings. The van der Waals surface area contributed by atoms with Gasteiger partial charge in [0.25, 0.3) is 0 Å². The Morgan fingerprint density at radius 2 is 1.96 bits per heavy atom. The first-order valence-corrected chi connectivity index (χ1v) is 9.70. The number of ether oxygens (including phenoxy) is 1. The largest absolute Gasteiger partial charge is 0.390 e. The maximum Gasteiger partial charge on any atom is 0.123 e. The maximum atomic E-state index is 10.4. The first-order valence-electron chi connectivity index (χ1n) is 8.89. The smallest absolute Gasteiger partial charge is 0.123 e. The molecule has 0 bridgehead atoms. The monoisotopic (exact) mass is 360 g/mol. The van der Waals surface area contributed by atoms with Crippen molar-refractivity contribution < 1.29 is 14.9 Å². The Hall–Kier alpha value is -1.31. The van der Waals surface area contributed by atoms with Crippen molar-refractivity contribution >= 4 is 11.3 Å². The standard InChI is InChI=1S/C19H24N2O3S/c22-16-6-11-24-19(17(16)23)7-9-21(10-8-19)13-15-12-20-18(25-15)14-4-2-1-3-5-14/h1-5,12,16-17,22-23H,6-11,13H2/t16-,17-/m0/s1. The first-order chi connectivity index (χ1) is 12.2. The molecule has 2 atom stereocenters. The van der Waals surface area contributed by atoms with E-state index in [-0.39, 0.29) is 0 Å². The number of aromatic nitrogens is 1. The lowest BCUT2D eigenvalue weighted by Gasteiger charge is -2.48. The van der Waals surface area contributed by atoms with Crippen molar-refractivity contribution in [3.63, 3.8) is 0 Å². The van der Waals surface area contributed by atoms with E-state index in [1.807, 2.05) is 24.4 Å². The number of hydrogen-bond donors (Lipinski definition) is 2. The summed E-state index contributed by atoms with van der Waals surface area (Å²) in [6.07, 6.45) is 2.58. The fraction of sp³-hybridized carbons (Fsp3) is 0.526. The van der Waals surface area contributed by atoms with E-state index in [0.717, 1.165) is 43.0 Å². The van der Waals surface area contributed by atoms with Crippen LogP contribution in [0.1, 0.15) is 24.1 Å². The lowest BCUT2D eigenvalue weighted by Crippen LogP contribution is -2.59.